The van der Waals surface area contributed by atoms with Crippen molar-refractivity contribution in [1.29, 1.82) is 0 Å². The molecule has 10 heteroatoms. The summed E-state index contributed by atoms with van der Waals surface area (Å²) in [5.41, 5.74) is 0. The van der Waals surface area contributed by atoms with E-state index in [-0.39, 0.29) is 21.0 Å². The van der Waals surface area contributed by atoms with Gasteiger partial charge in [-0.25, -0.2) is 15.0 Å². The van der Waals surface area contributed by atoms with Crippen LogP contribution in [-0.4, -0.2) is 28.4 Å². The summed E-state index contributed by atoms with van der Waals surface area (Å²) in [4.78, 5) is 13.9. The number of hydrogen-bond acceptors (Lipinski definition) is 5. The van der Waals surface area contributed by atoms with E-state index in [0.29, 0.717) is 12.2 Å². The van der Waals surface area contributed by atoms with E-state index in [1.165, 1.54) is 6.20 Å². The minimum Gasteiger partial charge on any atom is -0.332 e. The zero-order chi connectivity index (χ0) is 14.0. The number of aromatic amines is 1. The zero-order valence-corrected chi connectivity index (χ0v) is 12.0. The number of rotatable bonds is 4. The number of hydrogen-bond donors (Lipinski definition) is 2. The fourth-order valence-electron chi connectivity index (χ4n) is 1.26. The highest BCUT2D eigenvalue weighted by Gasteiger charge is 2.20. The van der Waals surface area contributed by atoms with Gasteiger partial charge >= 0.3 is 0 Å². The van der Waals surface area contributed by atoms with Crippen LogP contribution < -0.4 is 4.72 Å². The van der Waals surface area contributed by atoms with Gasteiger partial charge in [-0.2, -0.15) is 8.42 Å². The number of H-pyrrole nitrogens is 1. The Morgan fingerprint density at radius 1 is 1.32 bits per heavy atom. The Hall–Kier alpha value is -1.38. The van der Waals surface area contributed by atoms with Gasteiger partial charge in [0.2, 0.25) is 0 Å². The third kappa shape index (κ3) is 2.96. The van der Waals surface area contributed by atoms with Crippen LogP contribution in [0.5, 0.6) is 0 Å². The quantitative estimate of drug-likeness (QED) is 0.837. The van der Waals surface area contributed by atoms with Gasteiger partial charge < -0.3 is 4.98 Å². The second kappa shape index (κ2) is 5.32. The fraction of sp³-hybridized carbons (Fsp3) is 0.222. The monoisotopic (exact) mass is 321 g/mol. The lowest BCUT2D eigenvalue weighted by atomic mass is 10.5. The molecule has 0 saturated carbocycles. The molecule has 102 valence electrons. The van der Waals surface area contributed by atoms with E-state index < -0.39 is 10.0 Å². The highest BCUT2D eigenvalue weighted by atomic mass is 35.5. The average molecular weight is 322 g/mol. The van der Waals surface area contributed by atoms with Crippen LogP contribution in [0.3, 0.4) is 0 Å². The van der Waals surface area contributed by atoms with E-state index in [2.05, 4.69) is 24.7 Å². The molecule has 0 atom stereocenters. The van der Waals surface area contributed by atoms with Gasteiger partial charge in [0.15, 0.2) is 16.0 Å². The van der Waals surface area contributed by atoms with E-state index >= 15 is 0 Å². The Bertz CT molecular complexity index is 700. The largest absolute Gasteiger partial charge is 0.332 e. The van der Waals surface area contributed by atoms with E-state index in [1.807, 2.05) is 6.92 Å². The Labute approximate surface area is 119 Å². The van der Waals surface area contributed by atoms with Gasteiger partial charge in [-0.1, -0.05) is 30.1 Å². The van der Waals surface area contributed by atoms with Crippen molar-refractivity contribution in [3.8, 4) is 0 Å². The van der Waals surface area contributed by atoms with E-state index in [1.54, 1.807) is 0 Å². The Balaban J connectivity index is 2.33. The molecule has 0 aromatic carbocycles. The van der Waals surface area contributed by atoms with Gasteiger partial charge in [0, 0.05) is 6.42 Å². The lowest BCUT2D eigenvalue weighted by Gasteiger charge is -2.06. The Morgan fingerprint density at radius 2 is 2.05 bits per heavy atom. The third-order valence-electron chi connectivity index (χ3n) is 2.21. The molecule has 19 heavy (non-hydrogen) atoms. The summed E-state index contributed by atoms with van der Waals surface area (Å²) in [6.45, 7) is 1.85. The summed E-state index contributed by atoms with van der Waals surface area (Å²) in [5, 5.41) is -0.175. The van der Waals surface area contributed by atoms with Gasteiger partial charge in [0.1, 0.15) is 17.2 Å². The zero-order valence-electron chi connectivity index (χ0n) is 9.68. The smallest absolute Gasteiger partial charge is 0.280 e. The highest BCUT2D eigenvalue weighted by Crippen LogP contribution is 2.26. The summed E-state index contributed by atoms with van der Waals surface area (Å²) in [7, 11) is -3.84. The molecule has 0 spiro atoms. The lowest BCUT2D eigenvalue weighted by molar-refractivity contribution is 0.597. The minimum atomic E-state index is -3.84. The van der Waals surface area contributed by atoms with Crippen molar-refractivity contribution < 1.29 is 8.42 Å². The number of sulfonamides is 1. The first-order valence-corrected chi connectivity index (χ1v) is 7.40. The van der Waals surface area contributed by atoms with Crippen LogP contribution in [-0.2, 0) is 16.4 Å². The number of aryl methyl sites for hydroxylation is 1. The number of nitrogens with one attached hydrogen (secondary N) is 2. The average Bonchev–Trinajstić information content (AvgIpc) is 2.84. The standard InChI is InChI=1S/C9H9Cl2N5O2S/c1-2-5-12-3-6(15-5)19(17,18)16-9-7(10)8(11)13-4-14-9/h3-4H,2H2,1H3,(H,12,15)(H,13,14,16). The SMILES string of the molecule is CCc1ncc(S(=O)(=O)Nc2ncnc(Cl)c2Cl)[nH]1. The van der Waals surface area contributed by atoms with Crippen molar-refractivity contribution in [3.05, 3.63) is 28.5 Å². The first-order chi connectivity index (χ1) is 8.94. The van der Waals surface area contributed by atoms with Gasteiger partial charge in [-0.15, -0.1) is 0 Å². The van der Waals surface area contributed by atoms with Crippen molar-refractivity contribution in [2.45, 2.75) is 18.4 Å². The molecule has 0 radical (unpaired) electrons. The number of imidazole rings is 1. The van der Waals surface area contributed by atoms with Crippen LogP contribution in [0.4, 0.5) is 5.82 Å². The molecule has 2 aromatic heterocycles. The van der Waals surface area contributed by atoms with Crippen molar-refractivity contribution in [1.82, 2.24) is 19.9 Å². The fourth-order valence-corrected chi connectivity index (χ4v) is 2.56. The molecular weight excluding hydrogens is 313 g/mol. The molecule has 7 nitrogen and oxygen atoms in total. The van der Waals surface area contributed by atoms with Crippen molar-refractivity contribution in [2.75, 3.05) is 4.72 Å². The maximum absolute atomic E-state index is 12.0. The maximum atomic E-state index is 12.0. The molecule has 0 aliphatic carbocycles. The molecule has 0 saturated heterocycles. The van der Waals surface area contributed by atoms with E-state index in [0.717, 1.165) is 6.33 Å². The molecule has 0 aliphatic heterocycles. The van der Waals surface area contributed by atoms with Crippen molar-refractivity contribution >= 4 is 39.0 Å². The Morgan fingerprint density at radius 3 is 2.68 bits per heavy atom. The minimum absolute atomic E-state index is 0.0341. The molecule has 0 amide bonds. The van der Waals surface area contributed by atoms with Crippen LogP contribution in [0.2, 0.25) is 10.2 Å². The molecule has 2 N–H and O–H groups in total. The van der Waals surface area contributed by atoms with E-state index in [9.17, 15) is 8.42 Å². The number of nitrogens with zero attached hydrogens (tertiary/aromatic N) is 3. The number of anilines is 1. The Kier molecular flexibility index (Phi) is 3.93. The number of aromatic nitrogens is 4. The molecule has 2 heterocycles. The predicted molar refractivity (Wildman–Crippen MR) is 70.8 cm³/mol. The third-order valence-corrected chi connectivity index (χ3v) is 4.20. The van der Waals surface area contributed by atoms with Crippen LogP contribution >= 0.6 is 23.2 Å². The predicted octanol–water partition coefficient (Wildman–Crippen LogP) is 1.87. The summed E-state index contributed by atoms with van der Waals surface area (Å²) < 4.78 is 26.3. The van der Waals surface area contributed by atoms with E-state index in [4.69, 9.17) is 23.2 Å². The molecule has 0 aliphatic rings. The molecule has 0 unspecified atom stereocenters. The van der Waals surface area contributed by atoms with Gasteiger partial charge in [-0.3, -0.25) is 4.72 Å². The molecule has 0 fully saturated rings. The van der Waals surface area contributed by atoms with Crippen LogP contribution in [0.15, 0.2) is 17.6 Å². The van der Waals surface area contributed by atoms with Crippen molar-refractivity contribution in [3.63, 3.8) is 0 Å². The molecule has 2 rings (SSSR count). The summed E-state index contributed by atoms with van der Waals surface area (Å²) in [6.07, 6.45) is 2.92. The molecular formula is C9H9Cl2N5O2S. The first kappa shape index (κ1) is 14.0. The first-order valence-electron chi connectivity index (χ1n) is 5.16. The second-order valence-electron chi connectivity index (χ2n) is 3.48. The van der Waals surface area contributed by atoms with Gasteiger partial charge in [-0.05, 0) is 0 Å². The van der Waals surface area contributed by atoms with Crippen LogP contribution in [0.1, 0.15) is 12.7 Å². The summed E-state index contributed by atoms with van der Waals surface area (Å²) >= 11 is 11.5. The second-order valence-corrected chi connectivity index (χ2v) is 5.87. The molecule has 2 aromatic rings. The lowest BCUT2D eigenvalue weighted by Crippen LogP contribution is -2.15. The summed E-state index contributed by atoms with van der Waals surface area (Å²) in [5.74, 6) is 0.474. The van der Waals surface area contributed by atoms with Gasteiger partial charge in [0.25, 0.3) is 10.0 Å². The van der Waals surface area contributed by atoms with Crippen molar-refractivity contribution in [2.24, 2.45) is 0 Å². The van der Waals surface area contributed by atoms with Crippen LogP contribution in [0.25, 0.3) is 0 Å². The normalized spacial score (nSPS) is 11.5. The van der Waals surface area contributed by atoms with Crippen LogP contribution in [0, 0.1) is 0 Å². The topological polar surface area (TPSA) is 101 Å². The maximum Gasteiger partial charge on any atom is 0.280 e. The van der Waals surface area contributed by atoms with Gasteiger partial charge in [0.05, 0.1) is 6.20 Å². The number of halogens is 2. The molecule has 0 bridgehead atoms. The highest BCUT2D eigenvalue weighted by molar-refractivity contribution is 7.92. The summed E-state index contributed by atoms with van der Waals surface area (Å²) in [6, 6.07) is 0.